The number of hydrogen-bond donors (Lipinski definition) is 1. The van der Waals surface area contributed by atoms with Crippen LogP contribution in [0.3, 0.4) is 0 Å². The third-order valence-corrected chi connectivity index (χ3v) is 4.63. The van der Waals surface area contributed by atoms with Crippen LogP contribution in [0.1, 0.15) is 32.6 Å². The molecule has 1 aromatic rings. The zero-order valence-electron chi connectivity index (χ0n) is 14.0. The van der Waals surface area contributed by atoms with Crippen LogP contribution in [0.2, 0.25) is 0 Å². The predicted octanol–water partition coefficient (Wildman–Crippen LogP) is 1.56. The van der Waals surface area contributed by atoms with Gasteiger partial charge in [-0.25, -0.2) is 4.90 Å². The van der Waals surface area contributed by atoms with Gasteiger partial charge in [-0.3, -0.25) is 14.5 Å². The molecule has 1 unspecified atom stereocenters. The average molecular weight is 332 g/mol. The smallest absolute Gasteiger partial charge is 0.251 e. The van der Waals surface area contributed by atoms with Gasteiger partial charge < -0.3 is 9.84 Å². The highest BCUT2D eigenvalue weighted by molar-refractivity contribution is 6.22. The van der Waals surface area contributed by atoms with Crippen LogP contribution < -0.4 is 9.64 Å². The molecule has 130 valence electrons. The summed E-state index contributed by atoms with van der Waals surface area (Å²) < 4.78 is 5.53. The van der Waals surface area contributed by atoms with Gasteiger partial charge in [0.2, 0.25) is 5.91 Å². The van der Waals surface area contributed by atoms with E-state index in [1.54, 1.807) is 24.3 Å². The van der Waals surface area contributed by atoms with Gasteiger partial charge in [-0.1, -0.05) is 6.92 Å². The van der Waals surface area contributed by atoms with Crippen LogP contribution in [0.4, 0.5) is 5.69 Å². The lowest BCUT2D eigenvalue weighted by Crippen LogP contribution is -2.46. The second-order valence-electron chi connectivity index (χ2n) is 6.40. The quantitative estimate of drug-likeness (QED) is 0.829. The van der Waals surface area contributed by atoms with Crippen molar-refractivity contribution in [2.24, 2.45) is 0 Å². The molecule has 2 aliphatic rings. The Morgan fingerprint density at radius 1 is 1.17 bits per heavy atom. The van der Waals surface area contributed by atoms with E-state index >= 15 is 0 Å². The van der Waals surface area contributed by atoms with Crippen LogP contribution in [0, 0.1) is 0 Å². The minimum Gasteiger partial charge on any atom is -0.494 e. The van der Waals surface area contributed by atoms with Crippen molar-refractivity contribution in [3.63, 3.8) is 0 Å². The molecule has 2 aliphatic heterocycles. The van der Waals surface area contributed by atoms with Gasteiger partial charge in [-0.05, 0) is 43.5 Å². The normalized spacial score (nSPS) is 23.1. The van der Waals surface area contributed by atoms with Gasteiger partial charge >= 0.3 is 0 Å². The fraction of sp³-hybridized carbons (Fsp3) is 0.556. The molecular formula is C18H24N2O4. The van der Waals surface area contributed by atoms with Crippen LogP contribution in [0.5, 0.6) is 5.75 Å². The summed E-state index contributed by atoms with van der Waals surface area (Å²) in [5.74, 6) is 0.401. The van der Waals surface area contributed by atoms with E-state index < -0.39 is 6.04 Å². The Morgan fingerprint density at radius 3 is 2.46 bits per heavy atom. The minimum absolute atomic E-state index is 0.168. The van der Waals surface area contributed by atoms with E-state index in [0.29, 0.717) is 38.2 Å². The van der Waals surface area contributed by atoms with E-state index in [-0.39, 0.29) is 24.3 Å². The number of rotatable bonds is 5. The molecule has 0 aromatic heterocycles. The number of benzene rings is 1. The van der Waals surface area contributed by atoms with E-state index in [0.717, 1.165) is 12.2 Å². The molecule has 1 atom stereocenters. The van der Waals surface area contributed by atoms with Crippen molar-refractivity contribution in [3.8, 4) is 5.75 Å². The van der Waals surface area contributed by atoms with Crippen molar-refractivity contribution < 1.29 is 19.4 Å². The van der Waals surface area contributed by atoms with Crippen LogP contribution in [0.15, 0.2) is 24.3 Å². The second-order valence-corrected chi connectivity index (χ2v) is 6.40. The number of ether oxygens (including phenoxy) is 1. The molecule has 1 aromatic carbocycles. The summed E-state index contributed by atoms with van der Waals surface area (Å²) in [4.78, 5) is 28.4. The number of aliphatic hydroxyl groups is 1. The van der Waals surface area contributed by atoms with Gasteiger partial charge in [0, 0.05) is 13.1 Å². The van der Waals surface area contributed by atoms with Crippen LogP contribution in [-0.2, 0) is 9.59 Å². The maximum absolute atomic E-state index is 12.7. The number of anilines is 1. The number of aliphatic hydroxyl groups excluding tert-OH is 1. The van der Waals surface area contributed by atoms with E-state index in [1.807, 2.05) is 11.8 Å². The molecule has 2 saturated heterocycles. The van der Waals surface area contributed by atoms with E-state index in [1.165, 1.54) is 4.90 Å². The number of likely N-dealkylation sites (tertiary alicyclic amines) is 1. The largest absolute Gasteiger partial charge is 0.494 e. The van der Waals surface area contributed by atoms with Gasteiger partial charge in [0.05, 0.1) is 30.9 Å². The SMILES string of the molecule is CCCOc1ccc(N2C(=O)CC(N3CCC(O)CC3)C2=O)cc1. The number of piperidine rings is 1. The molecule has 0 aliphatic carbocycles. The summed E-state index contributed by atoms with van der Waals surface area (Å²) >= 11 is 0. The van der Waals surface area contributed by atoms with Crippen LogP contribution in [-0.4, -0.2) is 53.7 Å². The molecule has 0 spiro atoms. The molecular weight excluding hydrogens is 308 g/mol. The maximum atomic E-state index is 12.7. The highest BCUT2D eigenvalue weighted by Crippen LogP contribution is 2.28. The van der Waals surface area contributed by atoms with Crippen molar-refractivity contribution in [3.05, 3.63) is 24.3 Å². The fourth-order valence-corrected chi connectivity index (χ4v) is 3.28. The standard InChI is InChI=1S/C18H24N2O4/c1-2-11-24-15-5-3-13(4-6-15)20-17(22)12-16(18(20)23)19-9-7-14(21)8-10-19/h3-6,14,16,21H,2,7-12H2,1H3. The maximum Gasteiger partial charge on any atom is 0.251 e. The third kappa shape index (κ3) is 3.44. The summed E-state index contributed by atoms with van der Waals surface area (Å²) in [6, 6.07) is 6.68. The zero-order chi connectivity index (χ0) is 17.1. The first-order chi connectivity index (χ1) is 11.6. The summed E-state index contributed by atoms with van der Waals surface area (Å²) in [5.41, 5.74) is 0.591. The number of hydrogen-bond acceptors (Lipinski definition) is 5. The molecule has 0 radical (unpaired) electrons. The fourth-order valence-electron chi connectivity index (χ4n) is 3.28. The molecule has 2 fully saturated rings. The summed E-state index contributed by atoms with van der Waals surface area (Å²) in [7, 11) is 0. The molecule has 3 rings (SSSR count). The zero-order valence-corrected chi connectivity index (χ0v) is 14.0. The van der Waals surface area contributed by atoms with Crippen LogP contribution in [0.25, 0.3) is 0 Å². The van der Waals surface area contributed by atoms with Gasteiger partial charge in [-0.2, -0.15) is 0 Å². The molecule has 2 amide bonds. The molecule has 1 N–H and O–H groups in total. The molecule has 0 bridgehead atoms. The summed E-state index contributed by atoms with van der Waals surface area (Å²) in [5, 5.41) is 9.60. The molecule has 6 heteroatoms. The lowest BCUT2D eigenvalue weighted by atomic mass is 10.1. The summed E-state index contributed by atoms with van der Waals surface area (Å²) in [6.45, 7) is 3.99. The number of carbonyl (C=O) groups excluding carboxylic acids is 2. The van der Waals surface area contributed by atoms with E-state index in [4.69, 9.17) is 4.74 Å². The number of nitrogens with zero attached hydrogens (tertiary/aromatic N) is 2. The Bertz CT molecular complexity index is 594. The van der Waals surface area contributed by atoms with Gasteiger partial charge in [0.15, 0.2) is 0 Å². The Labute approximate surface area is 142 Å². The number of carbonyl (C=O) groups is 2. The third-order valence-electron chi connectivity index (χ3n) is 4.63. The Kier molecular flexibility index (Phi) is 5.16. The average Bonchev–Trinajstić information content (AvgIpc) is 2.89. The molecule has 0 saturated carbocycles. The van der Waals surface area contributed by atoms with Crippen molar-refractivity contribution in [2.45, 2.75) is 44.8 Å². The van der Waals surface area contributed by atoms with Crippen molar-refractivity contribution in [2.75, 3.05) is 24.6 Å². The van der Waals surface area contributed by atoms with Crippen molar-refractivity contribution in [1.29, 1.82) is 0 Å². The first kappa shape index (κ1) is 16.9. The van der Waals surface area contributed by atoms with Gasteiger partial charge in [0.1, 0.15) is 5.75 Å². The first-order valence-electron chi connectivity index (χ1n) is 8.62. The Morgan fingerprint density at radius 2 is 1.83 bits per heavy atom. The highest BCUT2D eigenvalue weighted by Gasteiger charge is 2.43. The monoisotopic (exact) mass is 332 g/mol. The van der Waals surface area contributed by atoms with Gasteiger partial charge in [-0.15, -0.1) is 0 Å². The Hall–Kier alpha value is -1.92. The molecule has 2 heterocycles. The highest BCUT2D eigenvalue weighted by atomic mass is 16.5. The van der Waals surface area contributed by atoms with Crippen LogP contribution >= 0.6 is 0 Å². The van der Waals surface area contributed by atoms with Gasteiger partial charge in [0.25, 0.3) is 5.91 Å². The second kappa shape index (κ2) is 7.32. The lowest BCUT2D eigenvalue weighted by molar-refractivity contribution is -0.123. The predicted molar refractivity (Wildman–Crippen MR) is 89.9 cm³/mol. The molecule has 24 heavy (non-hydrogen) atoms. The first-order valence-corrected chi connectivity index (χ1v) is 8.62. The summed E-state index contributed by atoms with van der Waals surface area (Å²) in [6.07, 6.45) is 2.16. The lowest BCUT2D eigenvalue weighted by Gasteiger charge is -2.32. The van der Waals surface area contributed by atoms with E-state index in [2.05, 4.69) is 0 Å². The molecule has 6 nitrogen and oxygen atoms in total. The van der Waals surface area contributed by atoms with E-state index in [9.17, 15) is 14.7 Å². The minimum atomic E-state index is -0.402. The number of amides is 2. The van der Waals surface area contributed by atoms with Crippen molar-refractivity contribution >= 4 is 17.5 Å². The Balaban J connectivity index is 1.70. The van der Waals surface area contributed by atoms with Crippen molar-refractivity contribution in [1.82, 2.24) is 4.90 Å². The number of imide groups is 1. The topological polar surface area (TPSA) is 70.1 Å².